The lowest BCUT2D eigenvalue weighted by Crippen LogP contribution is -2.26. The van der Waals surface area contributed by atoms with Crippen LogP contribution in [-0.2, 0) is 13.5 Å². The van der Waals surface area contributed by atoms with Gasteiger partial charge in [0.25, 0.3) is 5.56 Å². The van der Waals surface area contributed by atoms with Crippen LogP contribution in [0.15, 0.2) is 58.5 Å². The molecule has 0 saturated carbocycles. The first-order valence-corrected chi connectivity index (χ1v) is 10.4. The predicted octanol–water partition coefficient (Wildman–Crippen LogP) is 3.67. The number of aromatic nitrogens is 2. The van der Waals surface area contributed by atoms with E-state index in [0.29, 0.717) is 34.1 Å². The molecule has 156 valence electrons. The highest BCUT2D eigenvalue weighted by molar-refractivity contribution is 7.99. The lowest BCUT2D eigenvalue weighted by atomic mass is 10.0. The van der Waals surface area contributed by atoms with E-state index in [9.17, 15) is 9.59 Å². The Labute approximate surface area is 179 Å². The van der Waals surface area contributed by atoms with E-state index in [-0.39, 0.29) is 17.1 Å². The summed E-state index contributed by atoms with van der Waals surface area (Å²) in [6.07, 6.45) is 0.471. The van der Waals surface area contributed by atoms with Gasteiger partial charge in [0.2, 0.25) is 0 Å². The molecule has 0 saturated heterocycles. The van der Waals surface area contributed by atoms with Crippen LogP contribution in [0.5, 0.6) is 11.5 Å². The molecule has 0 aliphatic carbocycles. The molecule has 0 atom stereocenters. The molecule has 2 aromatic carbocycles. The third-order valence-corrected chi connectivity index (χ3v) is 5.84. The first kappa shape index (κ1) is 21.6. The van der Waals surface area contributed by atoms with Gasteiger partial charge in [0.05, 0.1) is 20.0 Å². The second kappa shape index (κ2) is 9.63. The average Bonchev–Trinajstić information content (AvgIpc) is 2.78. The molecule has 0 unspecified atom stereocenters. The fourth-order valence-electron chi connectivity index (χ4n) is 3.04. The van der Waals surface area contributed by atoms with Crippen molar-refractivity contribution in [1.29, 1.82) is 0 Å². The summed E-state index contributed by atoms with van der Waals surface area (Å²) in [5, 5.41) is 0.522. The standard InChI is InChI=1S/C23H24N2O4S/c1-15-20(13-16-6-5-7-19(12-16)29-4)22(27)25(2)23(24-15)30-14-21(26)17-8-10-18(28-3)11-9-17/h5-12H,13-14H2,1-4H3. The largest absolute Gasteiger partial charge is 0.497 e. The Morgan fingerprint density at radius 1 is 1.07 bits per heavy atom. The second-order valence-electron chi connectivity index (χ2n) is 6.79. The number of rotatable bonds is 8. The van der Waals surface area contributed by atoms with Crippen LogP contribution in [0.1, 0.15) is 27.2 Å². The zero-order valence-electron chi connectivity index (χ0n) is 17.5. The summed E-state index contributed by atoms with van der Waals surface area (Å²) in [6.45, 7) is 1.83. The molecule has 3 rings (SSSR count). The summed E-state index contributed by atoms with van der Waals surface area (Å²) in [7, 11) is 4.88. The van der Waals surface area contributed by atoms with Crippen molar-refractivity contribution >= 4 is 17.5 Å². The summed E-state index contributed by atoms with van der Waals surface area (Å²) in [5.74, 6) is 1.61. The molecular weight excluding hydrogens is 400 g/mol. The third kappa shape index (κ3) is 4.91. The number of thioether (sulfide) groups is 1. The van der Waals surface area contributed by atoms with Crippen molar-refractivity contribution in [3.8, 4) is 11.5 Å². The molecule has 0 aliphatic rings. The van der Waals surface area contributed by atoms with Gasteiger partial charge in [-0.05, 0) is 48.9 Å². The number of ether oxygens (including phenoxy) is 2. The predicted molar refractivity (Wildman–Crippen MR) is 118 cm³/mol. The topological polar surface area (TPSA) is 70.4 Å². The number of nitrogens with zero attached hydrogens (tertiary/aromatic N) is 2. The Balaban J connectivity index is 1.76. The van der Waals surface area contributed by atoms with Crippen molar-refractivity contribution in [2.24, 2.45) is 7.05 Å². The number of ketones is 1. The van der Waals surface area contributed by atoms with Gasteiger partial charge in [0.15, 0.2) is 10.9 Å². The SMILES string of the molecule is COc1ccc(C(=O)CSc2nc(C)c(Cc3cccc(OC)c3)c(=O)n2C)cc1. The van der Waals surface area contributed by atoms with Gasteiger partial charge in [-0.1, -0.05) is 23.9 Å². The molecule has 0 N–H and O–H groups in total. The highest BCUT2D eigenvalue weighted by Crippen LogP contribution is 2.20. The smallest absolute Gasteiger partial charge is 0.257 e. The van der Waals surface area contributed by atoms with Gasteiger partial charge in [0, 0.05) is 30.3 Å². The first-order valence-electron chi connectivity index (χ1n) is 9.42. The Morgan fingerprint density at radius 3 is 2.43 bits per heavy atom. The Hall–Kier alpha value is -3.06. The molecule has 0 amide bonds. The van der Waals surface area contributed by atoms with Crippen molar-refractivity contribution in [3.05, 3.63) is 81.3 Å². The molecule has 0 aliphatic heterocycles. The molecule has 1 aromatic heterocycles. The van der Waals surface area contributed by atoms with Crippen molar-refractivity contribution < 1.29 is 14.3 Å². The summed E-state index contributed by atoms with van der Waals surface area (Å²) < 4.78 is 11.9. The van der Waals surface area contributed by atoms with Crippen LogP contribution in [0, 0.1) is 6.92 Å². The number of aryl methyl sites for hydroxylation is 1. The summed E-state index contributed by atoms with van der Waals surface area (Å²) in [4.78, 5) is 30.0. The number of Topliss-reactive ketones (excluding diaryl/α,β-unsaturated/α-hetero) is 1. The van der Waals surface area contributed by atoms with Crippen LogP contribution in [0.2, 0.25) is 0 Å². The van der Waals surface area contributed by atoms with Gasteiger partial charge in [-0.25, -0.2) is 4.98 Å². The van der Waals surface area contributed by atoms with Crippen LogP contribution in [0.4, 0.5) is 0 Å². The van der Waals surface area contributed by atoms with Gasteiger partial charge in [-0.3, -0.25) is 14.2 Å². The van der Waals surface area contributed by atoms with Gasteiger partial charge >= 0.3 is 0 Å². The van der Waals surface area contributed by atoms with Crippen LogP contribution in [0.25, 0.3) is 0 Å². The van der Waals surface area contributed by atoms with Crippen LogP contribution < -0.4 is 15.0 Å². The van der Waals surface area contributed by atoms with E-state index >= 15 is 0 Å². The van der Waals surface area contributed by atoms with Gasteiger partial charge in [-0.2, -0.15) is 0 Å². The first-order chi connectivity index (χ1) is 14.4. The summed E-state index contributed by atoms with van der Waals surface area (Å²) >= 11 is 1.26. The minimum absolute atomic E-state index is 0.0324. The van der Waals surface area contributed by atoms with Crippen molar-refractivity contribution in [2.75, 3.05) is 20.0 Å². The molecule has 3 aromatic rings. The van der Waals surface area contributed by atoms with E-state index in [1.807, 2.05) is 31.2 Å². The second-order valence-corrected chi connectivity index (χ2v) is 7.73. The summed E-state index contributed by atoms with van der Waals surface area (Å²) in [5.41, 5.74) is 2.77. The van der Waals surface area contributed by atoms with Crippen LogP contribution in [0.3, 0.4) is 0 Å². The third-order valence-electron chi connectivity index (χ3n) is 4.81. The normalized spacial score (nSPS) is 10.7. The van der Waals surface area contributed by atoms with E-state index in [1.54, 1.807) is 45.5 Å². The maximum atomic E-state index is 12.9. The minimum Gasteiger partial charge on any atom is -0.497 e. The molecule has 0 spiro atoms. The number of hydrogen-bond donors (Lipinski definition) is 0. The minimum atomic E-state index is -0.107. The molecule has 0 bridgehead atoms. The van der Waals surface area contributed by atoms with E-state index < -0.39 is 0 Å². The maximum absolute atomic E-state index is 12.9. The van der Waals surface area contributed by atoms with Crippen molar-refractivity contribution in [3.63, 3.8) is 0 Å². The number of methoxy groups -OCH3 is 2. The Kier molecular flexibility index (Phi) is 6.95. The fourth-order valence-corrected chi connectivity index (χ4v) is 3.94. The Morgan fingerprint density at radius 2 is 1.77 bits per heavy atom. The van der Waals surface area contributed by atoms with Gasteiger partial charge in [0.1, 0.15) is 11.5 Å². The zero-order chi connectivity index (χ0) is 21.7. The van der Waals surface area contributed by atoms with Crippen LogP contribution in [-0.4, -0.2) is 35.3 Å². The molecule has 0 fully saturated rings. The molecule has 6 nitrogen and oxygen atoms in total. The monoisotopic (exact) mass is 424 g/mol. The molecular formula is C23H24N2O4S. The quantitative estimate of drug-likeness (QED) is 0.312. The van der Waals surface area contributed by atoms with E-state index in [1.165, 1.54) is 16.3 Å². The van der Waals surface area contributed by atoms with Gasteiger partial charge in [-0.15, -0.1) is 0 Å². The van der Waals surface area contributed by atoms with Crippen molar-refractivity contribution in [2.45, 2.75) is 18.5 Å². The van der Waals surface area contributed by atoms with Crippen molar-refractivity contribution in [1.82, 2.24) is 9.55 Å². The van der Waals surface area contributed by atoms with E-state index in [2.05, 4.69) is 4.98 Å². The highest BCUT2D eigenvalue weighted by Gasteiger charge is 2.15. The Bertz CT molecular complexity index is 1110. The molecule has 1 heterocycles. The number of hydrogen-bond acceptors (Lipinski definition) is 6. The van der Waals surface area contributed by atoms with E-state index in [0.717, 1.165) is 11.3 Å². The van der Waals surface area contributed by atoms with Crippen LogP contribution >= 0.6 is 11.8 Å². The molecule has 7 heteroatoms. The number of carbonyl (C=O) groups is 1. The van der Waals surface area contributed by atoms with E-state index in [4.69, 9.17) is 9.47 Å². The lowest BCUT2D eigenvalue weighted by molar-refractivity contribution is 0.102. The highest BCUT2D eigenvalue weighted by atomic mass is 32.2. The maximum Gasteiger partial charge on any atom is 0.257 e. The molecule has 30 heavy (non-hydrogen) atoms. The summed E-state index contributed by atoms with van der Waals surface area (Å²) in [6, 6.07) is 14.6. The fraction of sp³-hybridized carbons (Fsp3) is 0.261. The number of carbonyl (C=O) groups excluding carboxylic acids is 1. The average molecular weight is 425 g/mol. The van der Waals surface area contributed by atoms with Gasteiger partial charge < -0.3 is 9.47 Å². The lowest BCUT2D eigenvalue weighted by Gasteiger charge is -2.12. The zero-order valence-corrected chi connectivity index (χ0v) is 18.3. The number of benzene rings is 2. The molecule has 0 radical (unpaired) electrons.